The first-order chi connectivity index (χ1) is 32.0. The van der Waals surface area contributed by atoms with E-state index in [9.17, 15) is 0 Å². The highest BCUT2D eigenvalue weighted by atomic mass is 19.1. The second kappa shape index (κ2) is 14.6. The summed E-state index contributed by atoms with van der Waals surface area (Å²) < 4.78 is 39.6. The highest BCUT2D eigenvalue weighted by Gasteiger charge is 2.37. The van der Waals surface area contributed by atoms with Crippen molar-refractivity contribution in [2.45, 2.75) is 47.1 Å². The highest BCUT2D eigenvalue weighted by Crippen LogP contribution is 2.52. The third-order valence-electron chi connectivity index (χ3n) is 13.9. The summed E-state index contributed by atoms with van der Waals surface area (Å²) in [5.74, 6) is -0.672. The van der Waals surface area contributed by atoms with E-state index < -0.39 is 5.54 Å². The molecule has 0 bridgehead atoms. The lowest BCUT2D eigenvalue weighted by molar-refractivity contribution is 0.467. The van der Waals surface area contributed by atoms with Gasteiger partial charge in [0.25, 0.3) is 0 Å². The van der Waals surface area contributed by atoms with Crippen LogP contribution in [0.5, 0.6) is 0 Å². The second-order valence-electron chi connectivity index (χ2n) is 18.7. The molecule has 0 atom stereocenters. The van der Waals surface area contributed by atoms with Gasteiger partial charge in [0, 0.05) is 54.5 Å². The highest BCUT2D eigenvalue weighted by molar-refractivity contribution is 6.13. The van der Waals surface area contributed by atoms with Gasteiger partial charge in [-0.05, 0) is 149 Å². The van der Waals surface area contributed by atoms with Gasteiger partial charge in [0.2, 0.25) is 0 Å². The lowest BCUT2D eigenvalue weighted by atomic mass is 9.78. The van der Waals surface area contributed by atoms with Crippen LogP contribution in [-0.4, -0.2) is 13.7 Å². The SMILES string of the molecule is Cc1ccc2c(c1)c1cc(C)ccc1n2-c1cc(-n2c3ccc(C)cc3c3cc(C)ccc32)c(-c2cccc(F)c2)c(C(C)(C)n2c3ccccc3c3ccccc32)c1-c1cccc(F)c1. The molecule has 0 fully saturated rings. The molecule has 0 aliphatic rings. The number of rotatable bonds is 6. The molecule has 0 N–H and O–H groups in total. The Morgan fingerprint density at radius 3 is 1.08 bits per heavy atom. The molecule has 3 aromatic heterocycles. The van der Waals surface area contributed by atoms with E-state index in [1.54, 1.807) is 24.3 Å². The van der Waals surface area contributed by atoms with Gasteiger partial charge >= 0.3 is 0 Å². The minimum absolute atomic E-state index is 0.336. The van der Waals surface area contributed by atoms with Crippen molar-refractivity contribution in [3.63, 3.8) is 0 Å². The molecule has 0 unspecified atom stereocenters. The zero-order valence-electron chi connectivity index (χ0n) is 37.8. The quantitative estimate of drug-likeness (QED) is 0.158. The number of benzene rings is 9. The van der Waals surface area contributed by atoms with Gasteiger partial charge in [0.15, 0.2) is 0 Å². The van der Waals surface area contributed by atoms with Crippen molar-refractivity contribution in [1.29, 1.82) is 0 Å². The molecule has 0 saturated carbocycles. The standard InChI is InChI=1S/C61H47F2N3/c1-36-21-25-50-46(29-36)47-30-37(2)22-26-51(47)64(50)56-35-57(65-52-27-23-38(3)31-48(52)49-32-39(4)24-28-53(49)65)59(41-14-12-16-43(63)34-41)60(58(56)40-13-11-15-42(62)33-40)61(5,6)66-54-19-9-7-17-44(54)45-18-8-10-20-55(45)66/h7-35H,1-6H3. The van der Waals surface area contributed by atoms with Crippen LogP contribution < -0.4 is 0 Å². The summed E-state index contributed by atoms with van der Waals surface area (Å²) in [6.45, 7) is 13.1. The Kier molecular flexibility index (Phi) is 8.82. The lowest BCUT2D eigenvalue weighted by Gasteiger charge is -2.37. The van der Waals surface area contributed by atoms with Gasteiger partial charge < -0.3 is 13.7 Å². The lowest BCUT2D eigenvalue weighted by Crippen LogP contribution is -2.30. The van der Waals surface area contributed by atoms with Crippen molar-refractivity contribution in [2.24, 2.45) is 0 Å². The molecular weight excluding hydrogens is 813 g/mol. The summed E-state index contributed by atoms with van der Waals surface area (Å²) in [4.78, 5) is 0. The molecule has 0 aliphatic carbocycles. The van der Waals surface area contributed by atoms with Crippen molar-refractivity contribution in [2.75, 3.05) is 0 Å². The molecular formula is C61H47F2N3. The van der Waals surface area contributed by atoms with E-state index in [-0.39, 0.29) is 11.6 Å². The summed E-state index contributed by atoms with van der Waals surface area (Å²) in [5, 5.41) is 6.83. The predicted octanol–water partition coefficient (Wildman–Crippen LogP) is 16.6. The third-order valence-corrected chi connectivity index (χ3v) is 13.9. The molecule has 3 nitrogen and oxygen atoms in total. The van der Waals surface area contributed by atoms with Gasteiger partial charge in [-0.3, -0.25) is 0 Å². The summed E-state index contributed by atoms with van der Waals surface area (Å²) in [7, 11) is 0. The zero-order valence-corrected chi connectivity index (χ0v) is 37.8. The number of halogens is 2. The van der Waals surface area contributed by atoms with E-state index in [2.05, 4.69) is 183 Å². The van der Waals surface area contributed by atoms with E-state index in [1.807, 2.05) is 12.1 Å². The Bertz CT molecular complexity index is 3620. The summed E-state index contributed by atoms with van der Waals surface area (Å²) in [6.07, 6.45) is 0. The van der Waals surface area contributed by atoms with Crippen LogP contribution in [0.4, 0.5) is 8.78 Å². The molecule has 5 heteroatoms. The zero-order chi connectivity index (χ0) is 45.2. The van der Waals surface area contributed by atoms with Crippen molar-refractivity contribution in [1.82, 2.24) is 13.7 Å². The maximum Gasteiger partial charge on any atom is 0.123 e. The first-order valence-corrected chi connectivity index (χ1v) is 22.7. The average Bonchev–Trinajstić information content (AvgIpc) is 3.93. The average molecular weight is 860 g/mol. The number of para-hydroxylation sites is 2. The molecule has 320 valence electrons. The van der Waals surface area contributed by atoms with Gasteiger partial charge in [-0.15, -0.1) is 0 Å². The normalized spacial score (nSPS) is 12.2. The van der Waals surface area contributed by atoms with Gasteiger partial charge in [-0.1, -0.05) is 107 Å². The minimum Gasteiger partial charge on any atom is -0.331 e. The largest absolute Gasteiger partial charge is 0.331 e. The summed E-state index contributed by atoms with van der Waals surface area (Å²) in [5.41, 5.74) is 15.9. The number of hydrogen-bond donors (Lipinski definition) is 0. The number of fused-ring (bicyclic) bond motifs is 9. The number of nitrogens with zero attached hydrogens (tertiary/aromatic N) is 3. The van der Waals surface area contributed by atoms with Crippen molar-refractivity contribution >= 4 is 65.4 Å². The first kappa shape index (κ1) is 39.8. The van der Waals surface area contributed by atoms with Crippen LogP contribution in [0, 0.1) is 39.3 Å². The molecule has 0 amide bonds. The van der Waals surface area contributed by atoms with Crippen molar-refractivity contribution < 1.29 is 8.78 Å². The smallest absolute Gasteiger partial charge is 0.123 e. The van der Waals surface area contributed by atoms with Crippen molar-refractivity contribution in [3.05, 3.63) is 215 Å². The molecule has 12 rings (SSSR count). The first-order valence-electron chi connectivity index (χ1n) is 22.7. The van der Waals surface area contributed by atoms with E-state index in [0.717, 1.165) is 105 Å². The van der Waals surface area contributed by atoms with Crippen LogP contribution in [0.3, 0.4) is 0 Å². The summed E-state index contributed by atoms with van der Waals surface area (Å²) in [6, 6.07) is 60.1. The molecule has 0 aliphatic heterocycles. The van der Waals surface area contributed by atoms with Crippen LogP contribution in [0.1, 0.15) is 41.7 Å². The Morgan fingerprint density at radius 2 is 0.712 bits per heavy atom. The summed E-state index contributed by atoms with van der Waals surface area (Å²) >= 11 is 0. The fourth-order valence-corrected chi connectivity index (χ4v) is 11.1. The molecule has 66 heavy (non-hydrogen) atoms. The monoisotopic (exact) mass is 859 g/mol. The van der Waals surface area contributed by atoms with E-state index >= 15 is 8.78 Å². The fourth-order valence-electron chi connectivity index (χ4n) is 11.1. The van der Waals surface area contributed by atoms with Gasteiger partial charge in [0.1, 0.15) is 11.6 Å². The van der Waals surface area contributed by atoms with E-state index in [1.165, 1.54) is 34.4 Å². The Balaban J connectivity index is 1.39. The molecule has 0 radical (unpaired) electrons. The Labute approximate surface area is 382 Å². The fraction of sp³-hybridized carbons (Fsp3) is 0.115. The topological polar surface area (TPSA) is 14.8 Å². The number of aromatic nitrogens is 3. The van der Waals surface area contributed by atoms with Crippen molar-refractivity contribution in [3.8, 4) is 33.6 Å². The molecule has 9 aromatic carbocycles. The van der Waals surface area contributed by atoms with Crippen LogP contribution >= 0.6 is 0 Å². The van der Waals surface area contributed by atoms with Crippen LogP contribution in [0.15, 0.2) is 176 Å². The van der Waals surface area contributed by atoms with Crippen LogP contribution in [0.2, 0.25) is 0 Å². The predicted molar refractivity (Wildman–Crippen MR) is 273 cm³/mol. The van der Waals surface area contributed by atoms with Crippen LogP contribution in [-0.2, 0) is 5.54 Å². The molecule has 0 saturated heterocycles. The third kappa shape index (κ3) is 5.92. The number of aryl methyl sites for hydroxylation is 4. The second-order valence-corrected chi connectivity index (χ2v) is 18.7. The molecule has 3 heterocycles. The Morgan fingerprint density at radius 1 is 0.348 bits per heavy atom. The minimum atomic E-state index is -0.880. The van der Waals surface area contributed by atoms with Crippen LogP contribution in [0.25, 0.3) is 99.0 Å². The Hall–Kier alpha value is -7.76. The molecule has 0 spiro atoms. The molecule has 12 aromatic rings. The van der Waals surface area contributed by atoms with Gasteiger partial charge in [-0.25, -0.2) is 8.78 Å². The van der Waals surface area contributed by atoms with E-state index in [0.29, 0.717) is 0 Å². The number of hydrogen-bond acceptors (Lipinski definition) is 0. The maximum atomic E-state index is 16.2. The van der Waals surface area contributed by atoms with Gasteiger partial charge in [0.05, 0.1) is 39.0 Å². The van der Waals surface area contributed by atoms with E-state index in [4.69, 9.17) is 0 Å². The van der Waals surface area contributed by atoms with Gasteiger partial charge in [-0.2, -0.15) is 0 Å². The maximum absolute atomic E-state index is 16.2.